The SMILES string of the molecule is CC1CC(N2CC3CCCCN3CC2C)C1. The van der Waals surface area contributed by atoms with E-state index in [1.165, 1.54) is 51.7 Å². The molecular formula is C14H26N2. The van der Waals surface area contributed by atoms with Gasteiger partial charge >= 0.3 is 0 Å². The maximum absolute atomic E-state index is 2.83. The van der Waals surface area contributed by atoms with Crippen molar-refractivity contribution in [3.63, 3.8) is 0 Å². The number of fused-ring (bicyclic) bond motifs is 1. The Morgan fingerprint density at radius 3 is 2.50 bits per heavy atom. The summed E-state index contributed by atoms with van der Waals surface area (Å²) in [6.07, 6.45) is 7.26. The number of piperazine rings is 1. The van der Waals surface area contributed by atoms with Crippen LogP contribution in [0.1, 0.15) is 46.0 Å². The molecule has 0 aromatic heterocycles. The van der Waals surface area contributed by atoms with Gasteiger partial charge < -0.3 is 0 Å². The van der Waals surface area contributed by atoms with Gasteiger partial charge in [-0.05, 0) is 45.1 Å². The molecule has 0 aromatic carbocycles. The molecule has 0 N–H and O–H groups in total. The third-order valence-electron chi connectivity index (χ3n) is 5.05. The fourth-order valence-electron chi connectivity index (χ4n) is 4.01. The van der Waals surface area contributed by atoms with E-state index in [-0.39, 0.29) is 0 Å². The third kappa shape index (κ3) is 1.91. The van der Waals surface area contributed by atoms with Crippen molar-refractivity contribution in [3.05, 3.63) is 0 Å². The molecule has 0 spiro atoms. The zero-order valence-electron chi connectivity index (χ0n) is 10.9. The molecule has 0 aromatic rings. The van der Waals surface area contributed by atoms with E-state index in [1.54, 1.807) is 0 Å². The highest BCUT2D eigenvalue weighted by Crippen LogP contribution is 2.35. The van der Waals surface area contributed by atoms with Crippen LogP contribution in [-0.2, 0) is 0 Å². The zero-order chi connectivity index (χ0) is 11.1. The van der Waals surface area contributed by atoms with E-state index in [9.17, 15) is 0 Å². The van der Waals surface area contributed by atoms with Crippen LogP contribution < -0.4 is 0 Å². The van der Waals surface area contributed by atoms with Crippen LogP contribution in [0.3, 0.4) is 0 Å². The molecule has 1 saturated carbocycles. The maximum Gasteiger partial charge on any atom is 0.0224 e. The second-order valence-electron chi connectivity index (χ2n) is 6.42. The number of rotatable bonds is 1. The van der Waals surface area contributed by atoms with Gasteiger partial charge in [0.1, 0.15) is 0 Å². The van der Waals surface area contributed by atoms with Gasteiger partial charge in [-0.25, -0.2) is 0 Å². The summed E-state index contributed by atoms with van der Waals surface area (Å²) >= 11 is 0. The summed E-state index contributed by atoms with van der Waals surface area (Å²) in [7, 11) is 0. The summed E-state index contributed by atoms with van der Waals surface area (Å²) in [5.41, 5.74) is 0. The van der Waals surface area contributed by atoms with Gasteiger partial charge in [-0.1, -0.05) is 13.3 Å². The Balaban J connectivity index is 1.62. The van der Waals surface area contributed by atoms with Gasteiger partial charge in [-0.15, -0.1) is 0 Å². The third-order valence-corrected chi connectivity index (χ3v) is 5.05. The lowest BCUT2D eigenvalue weighted by atomic mass is 9.79. The van der Waals surface area contributed by atoms with Crippen LogP contribution in [0.4, 0.5) is 0 Å². The van der Waals surface area contributed by atoms with Gasteiger partial charge in [0, 0.05) is 31.2 Å². The lowest BCUT2D eigenvalue weighted by molar-refractivity contribution is -0.0382. The van der Waals surface area contributed by atoms with Crippen LogP contribution in [0.15, 0.2) is 0 Å². The molecule has 2 heterocycles. The number of hydrogen-bond donors (Lipinski definition) is 0. The molecule has 2 atom stereocenters. The fourth-order valence-corrected chi connectivity index (χ4v) is 4.01. The van der Waals surface area contributed by atoms with Crippen molar-refractivity contribution >= 4 is 0 Å². The van der Waals surface area contributed by atoms with Gasteiger partial charge in [0.2, 0.25) is 0 Å². The van der Waals surface area contributed by atoms with E-state index < -0.39 is 0 Å². The van der Waals surface area contributed by atoms with E-state index in [1.807, 2.05) is 0 Å². The quantitative estimate of drug-likeness (QED) is 0.672. The molecule has 92 valence electrons. The molecule has 3 fully saturated rings. The highest BCUT2D eigenvalue weighted by Gasteiger charge is 2.39. The van der Waals surface area contributed by atoms with Gasteiger partial charge in [0.05, 0.1) is 0 Å². The molecule has 0 radical (unpaired) electrons. The monoisotopic (exact) mass is 222 g/mol. The predicted octanol–water partition coefficient (Wildman–Crippen LogP) is 2.34. The molecule has 2 nitrogen and oxygen atoms in total. The first kappa shape index (κ1) is 11.0. The molecular weight excluding hydrogens is 196 g/mol. The smallest absolute Gasteiger partial charge is 0.0224 e. The first-order valence-electron chi connectivity index (χ1n) is 7.24. The van der Waals surface area contributed by atoms with Crippen molar-refractivity contribution in [2.75, 3.05) is 19.6 Å². The Morgan fingerprint density at radius 2 is 1.75 bits per heavy atom. The largest absolute Gasteiger partial charge is 0.298 e. The minimum Gasteiger partial charge on any atom is -0.298 e. The van der Waals surface area contributed by atoms with Crippen LogP contribution in [0.2, 0.25) is 0 Å². The summed E-state index contributed by atoms with van der Waals surface area (Å²) in [4.78, 5) is 5.58. The Kier molecular flexibility index (Phi) is 2.97. The van der Waals surface area contributed by atoms with Crippen molar-refractivity contribution in [3.8, 4) is 0 Å². The van der Waals surface area contributed by atoms with Crippen LogP contribution in [0, 0.1) is 5.92 Å². The van der Waals surface area contributed by atoms with E-state index in [2.05, 4.69) is 23.6 Å². The predicted molar refractivity (Wildman–Crippen MR) is 67.6 cm³/mol. The summed E-state index contributed by atoms with van der Waals surface area (Å²) in [5.74, 6) is 0.988. The van der Waals surface area contributed by atoms with Gasteiger partial charge in [-0.3, -0.25) is 9.80 Å². The van der Waals surface area contributed by atoms with Crippen LogP contribution in [-0.4, -0.2) is 47.6 Å². The summed E-state index contributed by atoms with van der Waals surface area (Å²) in [6.45, 7) is 8.89. The molecule has 3 aliphatic rings. The molecule has 2 heteroatoms. The van der Waals surface area contributed by atoms with Crippen molar-refractivity contribution < 1.29 is 0 Å². The molecule has 1 aliphatic carbocycles. The number of hydrogen-bond acceptors (Lipinski definition) is 2. The lowest BCUT2D eigenvalue weighted by Crippen LogP contribution is -2.62. The molecule has 16 heavy (non-hydrogen) atoms. The maximum atomic E-state index is 2.83. The van der Waals surface area contributed by atoms with Crippen molar-refractivity contribution in [2.24, 2.45) is 5.92 Å². The van der Waals surface area contributed by atoms with Crippen LogP contribution in [0.25, 0.3) is 0 Å². The van der Waals surface area contributed by atoms with Gasteiger partial charge in [0.25, 0.3) is 0 Å². The molecule has 2 saturated heterocycles. The van der Waals surface area contributed by atoms with Crippen LogP contribution >= 0.6 is 0 Å². The van der Waals surface area contributed by atoms with E-state index in [4.69, 9.17) is 0 Å². The Hall–Kier alpha value is -0.0800. The molecule has 0 amide bonds. The molecule has 2 aliphatic heterocycles. The van der Waals surface area contributed by atoms with Crippen LogP contribution in [0.5, 0.6) is 0 Å². The summed E-state index contributed by atoms with van der Waals surface area (Å²) < 4.78 is 0. The highest BCUT2D eigenvalue weighted by atomic mass is 15.3. The fraction of sp³-hybridized carbons (Fsp3) is 1.00. The van der Waals surface area contributed by atoms with Gasteiger partial charge in [0.15, 0.2) is 0 Å². The van der Waals surface area contributed by atoms with E-state index in [0.717, 1.165) is 24.0 Å². The zero-order valence-corrected chi connectivity index (χ0v) is 10.9. The van der Waals surface area contributed by atoms with Crippen molar-refractivity contribution in [1.29, 1.82) is 0 Å². The Morgan fingerprint density at radius 1 is 0.938 bits per heavy atom. The van der Waals surface area contributed by atoms with E-state index in [0.29, 0.717) is 0 Å². The average molecular weight is 222 g/mol. The van der Waals surface area contributed by atoms with Crippen molar-refractivity contribution in [1.82, 2.24) is 9.80 Å². The lowest BCUT2D eigenvalue weighted by Gasteiger charge is -2.53. The summed E-state index contributed by atoms with van der Waals surface area (Å²) in [5, 5.41) is 0. The molecule has 3 rings (SSSR count). The van der Waals surface area contributed by atoms with E-state index >= 15 is 0 Å². The highest BCUT2D eigenvalue weighted by molar-refractivity contribution is 4.95. The minimum absolute atomic E-state index is 0.798. The normalized spacial score (nSPS) is 46.1. The van der Waals surface area contributed by atoms with Gasteiger partial charge in [-0.2, -0.15) is 0 Å². The standard InChI is InChI=1S/C14H26N2/c1-11-7-14(8-11)16-10-13-5-3-4-6-15(13)9-12(16)2/h11-14H,3-10H2,1-2H3. The first-order valence-corrected chi connectivity index (χ1v) is 7.24. The molecule has 2 unspecified atom stereocenters. The summed E-state index contributed by atoms with van der Waals surface area (Å²) in [6, 6.07) is 2.61. The Bertz CT molecular complexity index is 247. The Labute approximate surface area is 100.0 Å². The molecule has 0 bridgehead atoms. The topological polar surface area (TPSA) is 6.48 Å². The van der Waals surface area contributed by atoms with Crippen molar-refractivity contribution in [2.45, 2.75) is 64.1 Å². The second-order valence-corrected chi connectivity index (χ2v) is 6.42. The second kappa shape index (κ2) is 4.30. The average Bonchev–Trinajstić information content (AvgIpc) is 2.24. The number of nitrogens with zero attached hydrogens (tertiary/aromatic N) is 2. The minimum atomic E-state index is 0.798. The number of piperidine rings is 1. The first-order chi connectivity index (χ1) is 7.74.